The van der Waals surface area contributed by atoms with Crippen LogP contribution in [0.5, 0.6) is 5.75 Å². The van der Waals surface area contributed by atoms with Gasteiger partial charge >= 0.3 is 12.2 Å². The molecule has 3 amide bonds. The van der Waals surface area contributed by atoms with E-state index in [1.165, 1.54) is 5.56 Å². The van der Waals surface area contributed by atoms with E-state index < -0.39 is 29.3 Å². The number of anilines is 1. The van der Waals surface area contributed by atoms with Crippen LogP contribution >= 0.6 is 0 Å². The molecule has 44 heavy (non-hydrogen) atoms. The number of hydrogen-bond acceptors (Lipinski definition) is 9. The fourth-order valence-electron chi connectivity index (χ4n) is 5.65. The van der Waals surface area contributed by atoms with E-state index in [1.807, 2.05) is 24.3 Å². The first kappa shape index (κ1) is 33.3. The van der Waals surface area contributed by atoms with Gasteiger partial charge in [-0.25, -0.2) is 9.59 Å². The third kappa shape index (κ3) is 8.72. The lowest BCUT2D eigenvalue weighted by Crippen LogP contribution is -2.53. The number of imide groups is 3. The molecule has 2 aliphatic heterocycles. The molecule has 2 atom stereocenters. The van der Waals surface area contributed by atoms with E-state index in [9.17, 15) is 14.4 Å². The fraction of sp³-hybridized carbons (Fsp3) is 0.559. The zero-order valence-corrected chi connectivity index (χ0v) is 27.1. The second-order valence-electron chi connectivity index (χ2n) is 13.3. The zero-order chi connectivity index (χ0) is 32.1. The molecular formula is C34H47N3O7. The van der Waals surface area contributed by atoms with Gasteiger partial charge in [-0.15, -0.1) is 4.90 Å². The molecule has 1 saturated heterocycles. The summed E-state index contributed by atoms with van der Waals surface area (Å²) in [7, 11) is 1.66. The lowest BCUT2D eigenvalue weighted by molar-refractivity contribution is -0.130. The minimum absolute atomic E-state index is 0.0656. The average molecular weight is 610 g/mol. The number of nitrogens with zero attached hydrogens (tertiary/aromatic N) is 3. The summed E-state index contributed by atoms with van der Waals surface area (Å²) in [5, 5.41) is 0. The number of carbonyl (C=O) groups is 3. The highest BCUT2D eigenvalue weighted by atomic mass is 16.6. The SMILES string of the molecule is COc1ccc(N2CCN(C(CCC(=O)N(C(=O)OC(C)(C)C)C(=O)OC(C)(C)C)C3OCCc4ccccc43)CC2)cc1. The average Bonchev–Trinajstić information content (AvgIpc) is 2.96. The van der Waals surface area contributed by atoms with E-state index in [0.29, 0.717) is 17.9 Å². The van der Waals surface area contributed by atoms with Crippen LogP contribution in [0.25, 0.3) is 0 Å². The van der Waals surface area contributed by atoms with Gasteiger partial charge < -0.3 is 23.8 Å². The van der Waals surface area contributed by atoms with E-state index in [2.05, 4.69) is 34.1 Å². The quantitative estimate of drug-likeness (QED) is 0.376. The minimum Gasteiger partial charge on any atom is -0.497 e. The van der Waals surface area contributed by atoms with Gasteiger partial charge in [0.2, 0.25) is 5.91 Å². The first-order valence-electron chi connectivity index (χ1n) is 15.4. The highest BCUT2D eigenvalue weighted by Gasteiger charge is 2.39. The number of fused-ring (bicyclic) bond motifs is 1. The number of benzene rings is 2. The van der Waals surface area contributed by atoms with Crippen molar-refractivity contribution >= 4 is 23.8 Å². The number of rotatable bonds is 7. The van der Waals surface area contributed by atoms with Gasteiger partial charge in [0, 0.05) is 44.3 Å². The molecule has 240 valence electrons. The van der Waals surface area contributed by atoms with Gasteiger partial charge in [0.05, 0.1) is 19.8 Å². The van der Waals surface area contributed by atoms with Crippen molar-refractivity contribution in [1.29, 1.82) is 0 Å². The van der Waals surface area contributed by atoms with Gasteiger partial charge in [-0.3, -0.25) is 9.69 Å². The molecule has 0 bridgehead atoms. The normalized spacial score (nSPS) is 18.2. The summed E-state index contributed by atoms with van der Waals surface area (Å²) < 4.78 is 22.6. The predicted molar refractivity (Wildman–Crippen MR) is 168 cm³/mol. The summed E-state index contributed by atoms with van der Waals surface area (Å²) in [5.41, 5.74) is 1.68. The summed E-state index contributed by atoms with van der Waals surface area (Å²) in [6, 6.07) is 16.2. The Morgan fingerprint density at radius 2 is 1.48 bits per heavy atom. The lowest BCUT2D eigenvalue weighted by Gasteiger charge is -2.44. The van der Waals surface area contributed by atoms with Gasteiger partial charge in [0.1, 0.15) is 17.0 Å². The Morgan fingerprint density at radius 1 is 0.886 bits per heavy atom. The standard InChI is InChI=1S/C34H47N3O7/c1-33(2,3)43-31(39)37(32(40)44-34(4,5)6)29(38)17-16-28(30-27-11-9-8-10-24(27)18-23-42-30)36-21-19-35(20-22-36)25-12-14-26(41-7)15-13-25/h8-15,28,30H,16-23H2,1-7H3. The van der Waals surface area contributed by atoms with Gasteiger partial charge in [-0.2, -0.15) is 0 Å². The number of methoxy groups -OCH3 is 1. The summed E-state index contributed by atoms with van der Waals surface area (Å²) in [4.78, 5) is 45.0. The maximum Gasteiger partial charge on any atom is 0.426 e. The first-order valence-corrected chi connectivity index (χ1v) is 15.4. The predicted octanol–water partition coefficient (Wildman–Crippen LogP) is 5.98. The Morgan fingerprint density at radius 3 is 2.05 bits per heavy atom. The van der Waals surface area contributed by atoms with E-state index in [4.69, 9.17) is 18.9 Å². The number of ether oxygens (including phenoxy) is 4. The molecule has 4 rings (SSSR count). The highest BCUT2D eigenvalue weighted by Crippen LogP contribution is 2.35. The number of hydrogen-bond donors (Lipinski definition) is 0. The maximum absolute atomic E-state index is 13.6. The molecule has 0 saturated carbocycles. The molecule has 0 N–H and O–H groups in total. The van der Waals surface area contributed by atoms with E-state index >= 15 is 0 Å². The van der Waals surface area contributed by atoms with Crippen LogP contribution in [0.3, 0.4) is 0 Å². The van der Waals surface area contributed by atoms with Crippen LogP contribution in [-0.4, -0.2) is 85.0 Å². The third-order valence-electron chi connectivity index (χ3n) is 7.66. The second kappa shape index (κ2) is 14.0. The highest BCUT2D eigenvalue weighted by molar-refractivity contribution is 6.06. The van der Waals surface area contributed by atoms with Crippen LogP contribution in [-0.2, 0) is 25.4 Å². The summed E-state index contributed by atoms with van der Waals surface area (Å²) >= 11 is 0. The number of piperazine rings is 1. The van der Waals surface area contributed by atoms with Crippen molar-refractivity contribution in [2.24, 2.45) is 0 Å². The molecule has 2 unspecified atom stereocenters. The summed E-state index contributed by atoms with van der Waals surface area (Å²) in [6.07, 6.45) is -1.20. The van der Waals surface area contributed by atoms with Gasteiger partial charge in [0.25, 0.3) is 0 Å². The van der Waals surface area contributed by atoms with Crippen molar-refractivity contribution in [2.75, 3.05) is 44.8 Å². The third-order valence-corrected chi connectivity index (χ3v) is 7.66. The topological polar surface area (TPSA) is 97.9 Å². The van der Waals surface area contributed by atoms with Gasteiger partial charge in [-0.1, -0.05) is 24.3 Å². The molecule has 2 aromatic carbocycles. The molecule has 2 heterocycles. The van der Waals surface area contributed by atoms with Crippen LogP contribution in [0.2, 0.25) is 0 Å². The Hall–Kier alpha value is -3.63. The molecule has 0 radical (unpaired) electrons. The van der Waals surface area contributed by atoms with E-state index in [1.54, 1.807) is 48.7 Å². The molecule has 0 spiro atoms. The summed E-state index contributed by atoms with van der Waals surface area (Å²) in [6.45, 7) is 13.8. The summed E-state index contributed by atoms with van der Waals surface area (Å²) in [5.74, 6) is 0.150. The Balaban J connectivity index is 1.54. The van der Waals surface area contributed by atoms with Crippen LogP contribution < -0.4 is 9.64 Å². The van der Waals surface area contributed by atoms with Crippen LogP contribution in [0.15, 0.2) is 48.5 Å². The van der Waals surface area contributed by atoms with Gasteiger partial charge in [-0.05, 0) is 89.8 Å². The van der Waals surface area contributed by atoms with Crippen molar-refractivity contribution in [3.8, 4) is 5.75 Å². The van der Waals surface area contributed by atoms with E-state index in [0.717, 1.165) is 49.6 Å². The molecular weight excluding hydrogens is 562 g/mol. The van der Waals surface area contributed by atoms with Crippen molar-refractivity contribution in [2.45, 2.75) is 84.2 Å². The number of amides is 3. The Bertz CT molecular complexity index is 1260. The molecule has 10 nitrogen and oxygen atoms in total. The molecule has 0 aromatic heterocycles. The van der Waals surface area contributed by atoms with Crippen LogP contribution in [0, 0.1) is 0 Å². The largest absolute Gasteiger partial charge is 0.497 e. The molecule has 0 aliphatic carbocycles. The molecule has 2 aromatic rings. The van der Waals surface area contributed by atoms with Crippen molar-refractivity contribution < 1.29 is 33.3 Å². The van der Waals surface area contributed by atoms with Crippen LogP contribution in [0.1, 0.15) is 71.6 Å². The molecule has 10 heteroatoms. The molecule has 2 aliphatic rings. The van der Waals surface area contributed by atoms with Crippen molar-refractivity contribution in [3.63, 3.8) is 0 Å². The lowest BCUT2D eigenvalue weighted by atomic mass is 9.90. The monoisotopic (exact) mass is 609 g/mol. The van der Waals surface area contributed by atoms with Crippen LogP contribution in [0.4, 0.5) is 15.3 Å². The van der Waals surface area contributed by atoms with Crippen molar-refractivity contribution in [3.05, 3.63) is 59.7 Å². The Labute approximate surface area is 261 Å². The number of carbonyl (C=O) groups excluding carboxylic acids is 3. The maximum atomic E-state index is 13.6. The fourth-order valence-corrected chi connectivity index (χ4v) is 5.65. The second-order valence-corrected chi connectivity index (χ2v) is 13.3. The zero-order valence-electron chi connectivity index (χ0n) is 27.1. The minimum atomic E-state index is -1.04. The smallest absolute Gasteiger partial charge is 0.426 e. The van der Waals surface area contributed by atoms with Gasteiger partial charge in [0.15, 0.2) is 0 Å². The first-order chi connectivity index (χ1) is 20.8. The van der Waals surface area contributed by atoms with Crippen molar-refractivity contribution in [1.82, 2.24) is 9.80 Å². The Kier molecular flexibility index (Phi) is 10.6. The molecule has 1 fully saturated rings. The van der Waals surface area contributed by atoms with E-state index in [-0.39, 0.29) is 18.6 Å².